The van der Waals surface area contributed by atoms with Gasteiger partial charge in [0.15, 0.2) is 11.5 Å². The van der Waals surface area contributed by atoms with Gasteiger partial charge in [0.25, 0.3) is 0 Å². The highest BCUT2D eigenvalue weighted by atomic mass is 127. The molecule has 1 heterocycles. The van der Waals surface area contributed by atoms with E-state index in [4.69, 9.17) is 18.6 Å². The third kappa shape index (κ3) is 4.83. The molecule has 0 aliphatic heterocycles. The second-order valence-corrected chi connectivity index (χ2v) is 8.39. The highest BCUT2D eigenvalue weighted by molar-refractivity contribution is 14.1. The van der Waals surface area contributed by atoms with E-state index in [-0.39, 0.29) is 39.3 Å². The van der Waals surface area contributed by atoms with Gasteiger partial charge in [-0.15, -0.1) is 0 Å². The van der Waals surface area contributed by atoms with Crippen molar-refractivity contribution in [1.82, 2.24) is 0 Å². The first kappa shape index (κ1) is 24.6. The van der Waals surface area contributed by atoms with Crippen LogP contribution in [0.25, 0.3) is 22.1 Å². The summed E-state index contributed by atoms with van der Waals surface area (Å²) in [5, 5.41) is -0.114. The fourth-order valence-corrected chi connectivity index (χ4v) is 4.09. The standard InChI is InChI=1S/C25H16F3IO6/c1-32-18-10-7-13(11-20(18)33-2)21-22(30)16-9-8-14(12-19(16)35-23(21)25(26,27)28)34-24(31)15-5-3-4-6-17(15)29/h3-12H,1-2H3. The number of carbonyl (C=O) groups is 1. The predicted molar refractivity (Wildman–Crippen MR) is 130 cm³/mol. The topological polar surface area (TPSA) is 75.0 Å². The molecule has 3 aromatic carbocycles. The molecule has 0 bridgehead atoms. The van der Waals surface area contributed by atoms with Gasteiger partial charge in [-0.3, -0.25) is 4.79 Å². The molecule has 0 spiro atoms. The van der Waals surface area contributed by atoms with Gasteiger partial charge in [-0.25, -0.2) is 4.79 Å². The van der Waals surface area contributed by atoms with Crippen LogP contribution in [0.1, 0.15) is 16.1 Å². The molecule has 1 aromatic heterocycles. The third-order valence-electron chi connectivity index (χ3n) is 5.10. The maximum absolute atomic E-state index is 14.0. The van der Waals surface area contributed by atoms with E-state index in [9.17, 15) is 22.8 Å². The summed E-state index contributed by atoms with van der Waals surface area (Å²) >= 11 is 1.97. The Hall–Kier alpha value is -3.54. The van der Waals surface area contributed by atoms with E-state index in [0.717, 1.165) is 6.07 Å². The Morgan fingerprint density at radius 1 is 0.943 bits per heavy atom. The molecule has 0 aliphatic rings. The lowest BCUT2D eigenvalue weighted by Crippen LogP contribution is -2.16. The summed E-state index contributed by atoms with van der Waals surface area (Å²) in [4.78, 5) is 25.7. The molecule has 0 N–H and O–H groups in total. The van der Waals surface area contributed by atoms with Gasteiger partial charge in [-0.2, -0.15) is 13.2 Å². The zero-order chi connectivity index (χ0) is 25.3. The summed E-state index contributed by atoms with van der Waals surface area (Å²) in [6.45, 7) is 0. The molecule has 0 atom stereocenters. The van der Waals surface area contributed by atoms with Crippen LogP contribution >= 0.6 is 22.6 Å². The van der Waals surface area contributed by atoms with Gasteiger partial charge in [-0.1, -0.05) is 18.2 Å². The van der Waals surface area contributed by atoms with E-state index in [1.807, 2.05) is 22.6 Å². The van der Waals surface area contributed by atoms with Gasteiger partial charge >= 0.3 is 12.1 Å². The first-order valence-corrected chi connectivity index (χ1v) is 11.1. The van der Waals surface area contributed by atoms with Gasteiger partial charge in [0.05, 0.1) is 30.7 Å². The van der Waals surface area contributed by atoms with Gasteiger partial charge in [-0.05, 0) is 64.6 Å². The summed E-state index contributed by atoms with van der Waals surface area (Å²) in [7, 11) is 2.71. The van der Waals surface area contributed by atoms with Crippen LogP contribution < -0.4 is 19.6 Å². The molecule has 0 amide bonds. The SMILES string of the molecule is COc1ccc(-c2c(C(F)(F)F)oc3cc(OC(=O)c4ccccc4I)ccc3c2=O)cc1OC. The second-order valence-electron chi connectivity index (χ2n) is 7.23. The molecule has 0 aliphatic carbocycles. The van der Waals surface area contributed by atoms with E-state index in [0.29, 0.717) is 3.57 Å². The number of carbonyl (C=O) groups excluding carboxylic acids is 1. The first-order chi connectivity index (χ1) is 16.6. The zero-order valence-electron chi connectivity index (χ0n) is 18.2. The summed E-state index contributed by atoms with van der Waals surface area (Å²) in [6, 6.07) is 14.3. The largest absolute Gasteiger partial charge is 0.493 e. The average Bonchev–Trinajstić information content (AvgIpc) is 2.83. The molecule has 4 aromatic rings. The van der Waals surface area contributed by atoms with E-state index in [2.05, 4.69) is 0 Å². The highest BCUT2D eigenvalue weighted by Gasteiger charge is 2.39. The summed E-state index contributed by atoms with van der Waals surface area (Å²) in [5.41, 5.74) is -1.72. The lowest BCUT2D eigenvalue weighted by atomic mass is 10.0. The molecule has 0 fully saturated rings. The Balaban J connectivity index is 1.85. The maximum Gasteiger partial charge on any atom is 0.450 e. The minimum Gasteiger partial charge on any atom is -0.493 e. The Bertz CT molecular complexity index is 1490. The molecular weight excluding hydrogens is 580 g/mol. The van der Waals surface area contributed by atoms with Gasteiger partial charge in [0.2, 0.25) is 11.2 Å². The summed E-state index contributed by atoms with van der Waals surface area (Å²) in [6.07, 6.45) is -4.98. The van der Waals surface area contributed by atoms with Crippen molar-refractivity contribution in [3.63, 3.8) is 0 Å². The molecule has 0 saturated heterocycles. The van der Waals surface area contributed by atoms with Crippen LogP contribution in [0.4, 0.5) is 13.2 Å². The quantitative estimate of drug-likeness (QED) is 0.153. The van der Waals surface area contributed by atoms with Crippen LogP contribution in [0, 0.1) is 3.57 Å². The Morgan fingerprint density at radius 2 is 1.66 bits per heavy atom. The minimum atomic E-state index is -4.98. The number of benzene rings is 3. The Kier molecular flexibility index (Phi) is 6.75. The molecular formula is C25H16F3IO6. The van der Waals surface area contributed by atoms with E-state index >= 15 is 0 Å². The fourth-order valence-electron chi connectivity index (χ4n) is 3.48. The van der Waals surface area contributed by atoms with Crippen molar-refractivity contribution in [3.8, 4) is 28.4 Å². The Labute approximate surface area is 210 Å². The number of fused-ring (bicyclic) bond motifs is 1. The van der Waals surface area contributed by atoms with Crippen molar-refractivity contribution in [1.29, 1.82) is 0 Å². The number of hydrogen-bond donors (Lipinski definition) is 0. The van der Waals surface area contributed by atoms with Crippen molar-refractivity contribution in [2.24, 2.45) is 0 Å². The normalized spacial score (nSPS) is 11.4. The molecule has 0 unspecified atom stereocenters. The van der Waals surface area contributed by atoms with Gasteiger partial charge in [0.1, 0.15) is 11.3 Å². The second kappa shape index (κ2) is 9.61. The Morgan fingerprint density at radius 3 is 2.31 bits per heavy atom. The summed E-state index contributed by atoms with van der Waals surface area (Å²) in [5.74, 6) is -1.82. The van der Waals surface area contributed by atoms with Crippen LogP contribution in [0.3, 0.4) is 0 Å². The number of halogens is 4. The highest BCUT2D eigenvalue weighted by Crippen LogP contribution is 2.40. The minimum absolute atomic E-state index is 0.0558. The molecule has 4 rings (SSSR count). The van der Waals surface area contributed by atoms with Crippen molar-refractivity contribution in [2.45, 2.75) is 6.18 Å². The van der Waals surface area contributed by atoms with Crippen LogP contribution in [0.2, 0.25) is 0 Å². The maximum atomic E-state index is 14.0. The van der Waals surface area contributed by atoms with E-state index in [1.54, 1.807) is 24.3 Å². The number of hydrogen-bond acceptors (Lipinski definition) is 6. The lowest BCUT2D eigenvalue weighted by molar-refractivity contribution is -0.152. The van der Waals surface area contributed by atoms with E-state index in [1.165, 1.54) is 44.6 Å². The van der Waals surface area contributed by atoms with Crippen molar-refractivity contribution in [3.05, 3.63) is 85.8 Å². The van der Waals surface area contributed by atoms with Crippen molar-refractivity contribution >= 4 is 39.5 Å². The third-order valence-corrected chi connectivity index (χ3v) is 6.04. The molecule has 180 valence electrons. The van der Waals surface area contributed by atoms with Crippen molar-refractivity contribution < 1.29 is 36.6 Å². The molecule has 0 radical (unpaired) electrons. The number of rotatable bonds is 5. The average molecular weight is 596 g/mol. The summed E-state index contributed by atoms with van der Waals surface area (Å²) < 4.78 is 63.3. The molecule has 0 saturated carbocycles. The monoisotopic (exact) mass is 596 g/mol. The number of esters is 1. The van der Waals surface area contributed by atoms with E-state index < -0.39 is 28.9 Å². The van der Waals surface area contributed by atoms with Crippen molar-refractivity contribution in [2.75, 3.05) is 14.2 Å². The van der Waals surface area contributed by atoms with Crippen LogP contribution in [0.15, 0.2) is 69.9 Å². The van der Waals surface area contributed by atoms with Gasteiger partial charge in [0, 0.05) is 9.64 Å². The zero-order valence-corrected chi connectivity index (χ0v) is 20.4. The molecule has 10 heteroatoms. The fraction of sp³-hybridized carbons (Fsp3) is 0.120. The number of alkyl halides is 3. The van der Waals surface area contributed by atoms with Gasteiger partial charge < -0.3 is 18.6 Å². The molecule has 6 nitrogen and oxygen atoms in total. The smallest absolute Gasteiger partial charge is 0.450 e. The van der Waals surface area contributed by atoms with Crippen LogP contribution in [-0.2, 0) is 6.18 Å². The van der Waals surface area contributed by atoms with Crippen LogP contribution in [0.5, 0.6) is 17.2 Å². The first-order valence-electron chi connectivity index (χ1n) is 10.0. The van der Waals surface area contributed by atoms with Crippen LogP contribution in [-0.4, -0.2) is 20.2 Å². The predicted octanol–water partition coefficient (Wildman–Crippen LogP) is 6.32. The number of ether oxygens (including phenoxy) is 3. The lowest BCUT2D eigenvalue weighted by Gasteiger charge is -2.15. The molecule has 35 heavy (non-hydrogen) atoms. The number of methoxy groups -OCH3 is 2.